The van der Waals surface area contributed by atoms with Crippen molar-refractivity contribution >= 4 is 56.3 Å². The fourth-order valence-corrected chi connectivity index (χ4v) is 5.02. The number of aromatic nitrogens is 2. The second kappa shape index (κ2) is 10.7. The molecule has 0 atom stereocenters. The fourth-order valence-electron chi connectivity index (χ4n) is 3.71. The van der Waals surface area contributed by atoms with E-state index in [2.05, 4.69) is 19.6 Å². The van der Waals surface area contributed by atoms with E-state index in [-0.39, 0.29) is 24.6 Å². The van der Waals surface area contributed by atoms with Crippen molar-refractivity contribution in [3.8, 4) is 0 Å². The van der Waals surface area contributed by atoms with Gasteiger partial charge in [0.05, 0.1) is 21.5 Å². The minimum absolute atomic E-state index is 0. The first-order valence-electron chi connectivity index (χ1n) is 10.8. The molecule has 1 saturated heterocycles. The molecule has 1 fully saturated rings. The van der Waals surface area contributed by atoms with Crippen molar-refractivity contribution in [3.05, 3.63) is 71.1 Å². The molecule has 1 aliphatic heterocycles. The molecule has 9 nitrogen and oxygen atoms in total. The summed E-state index contributed by atoms with van der Waals surface area (Å²) in [6.45, 7) is 2.66. The van der Waals surface area contributed by atoms with Crippen molar-refractivity contribution in [3.63, 3.8) is 0 Å². The summed E-state index contributed by atoms with van der Waals surface area (Å²) in [5.74, 6) is 0.227. The molecule has 4 rings (SSSR count). The molecule has 1 aromatic heterocycles. The summed E-state index contributed by atoms with van der Waals surface area (Å²) in [4.78, 5) is 26.4. The number of likely N-dealkylation sites (N-methyl/N-ethyl adjacent to an activating group) is 1. The van der Waals surface area contributed by atoms with Crippen molar-refractivity contribution in [2.45, 2.75) is 4.90 Å². The Morgan fingerprint density at radius 2 is 1.77 bits per heavy atom. The zero-order valence-electron chi connectivity index (χ0n) is 18.9. The van der Waals surface area contributed by atoms with Crippen LogP contribution < -0.4 is 14.5 Å². The van der Waals surface area contributed by atoms with E-state index in [9.17, 15) is 13.2 Å². The molecule has 3 aromatic rings. The van der Waals surface area contributed by atoms with Gasteiger partial charge in [-0.15, -0.1) is 0 Å². The Morgan fingerprint density at radius 1 is 1.06 bits per heavy atom. The Morgan fingerprint density at radius 3 is 2.40 bits per heavy atom. The monoisotopic (exact) mass is 536 g/mol. The van der Waals surface area contributed by atoms with Gasteiger partial charge in [0.15, 0.2) is 0 Å². The van der Waals surface area contributed by atoms with Gasteiger partial charge in [0.25, 0.3) is 10.0 Å². The van der Waals surface area contributed by atoms with Crippen LogP contribution in [0.4, 0.5) is 17.2 Å². The highest BCUT2D eigenvalue weighted by Crippen LogP contribution is 2.27. The number of anilines is 3. The summed E-state index contributed by atoms with van der Waals surface area (Å²) in [7, 11) is -1.92. The first kappa shape index (κ1) is 25.0. The maximum atomic E-state index is 12.8. The summed E-state index contributed by atoms with van der Waals surface area (Å²) >= 11 is 12.1. The number of carbonyl (C=O) groups excluding carboxylic acids is 1. The minimum atomic E-state index is -3.75. The molecule has 0 saturated carbocycles. The molecule has 0 spiro atoms. The summed E-state index contributed by atoms with van der Waals surface area (Å²) in [6.07, 6.45) is 2.74. The number of carbonyl (C=O) groups is 1. The fraction of sp³-hybridized carbons (Fsp3) is 0.261. The Hall–Kier alpha value is -3.08. The van der Waals surface area contributed by atoms with Crippen LogP contribution in [0.2, 0.25) is 10.0 Å². The lowest BCUT2D eigenvalue weighted by Gasteiger charge is -2.37. The van der Waals surface area contributed by atoms with Crippen molar-refractivity contribution in [1.82, 2.24) is 14.9 Å². The third-order valence-electron chi connectivity index (χ3n) is 5.68. The molecular weight excluding hydrogens is 511 g/mol. The van der Waals surface area contributed by atoms with E-state index in [0.717, 1.165) is 11.4 Å². The molecule has 0 aliphatic carbocycles. The van der Waals surface area contributed by atoms with Gasteiger partial charge in [-0.2, -0.15) is 0 Å². The molecule has 0 bridgehead atoms. The third kappa shape index (κ3) is 6.14. The van der Waals surface area contributed by atoms with Gasteiger partial charge < -0.3 is 14.7 Å². The van der Waals surface area contributed by atoms with Crippen LogP contribution in [0.5, 0.6) is 0 Å². The molecule has 1 aliphatic rings. The summed E-state index contributed by atoms with van der Waals surface area (Å²) in [6, 6.07) is 13.4. The number of amides is 1. The van der Waals surface area contributed by atoms with Crippen molar-refractivity contribution in [2.75, 3.05) is 54.3 Å². The van der Waals surface area contributed by atoms with E-state index in [0.29, 0.717) is 36.2 Å². The van der Waals surface area contributed by atoms with Gasteiger partial charge in [0.2, 0.25) is 5.91 Å². The molecule has 0 radical (unpaired) electrons. The van der Waals surface area contributed by atoms with Crippen molar-refractivity contribution in [1.29, 1.82) is 0 Å². The minimum Gasteiger partial charge on any atom is -0.368 e. The molecule has 186 valence electrons. The van der Waals surface area contributed by atoms with Crippen LogP contribution in [0.25, 0.3) is 0 Å². The van der Waals surface area contributed by atoms with Crippen LogP contribution in [0.15, 0.2) is 66.0 Å². The van der Waals surface area contributed by atoms with Gasteiger partial charge in [0.1, 0.15) is 12.1 Å². The maximum Gasteiger partial charge on any atom is 0.263 e. The largest absolute Gasteiger partial charge is 0.368 e. The number of hydrogen-bond donors (Lipinski definition) is 1. The van der Waals surface area contributed by atoms with Gasteiger partial charge in [-0.05, 0) is 48.5 Å². The SMILES string of the molecule is CN(CC(=O)N1CCN(c2ccc(S(=O)(=O)Nc3ccncn3)cc2)CC1)c1ccc(Cl)c(Cl)c1.[HH]. The van der Waals surface area contributed by atoms with Gasteiger partial charge in [-0.25, -0.2) is 18.4 Å². The number of halogens is 2. The first-order chi connectivity index (χ1) is 16.7. The Balaban J connectivity index is 0.00000361. The predicted molar refractivity (Wildman–Crippen MR) is 140 cm³/mol. The van der Waals surface area contributed by atoms with Gasteiger partial charge >= 0.3 is 0 Å². The standard InChI is InChI=1S/C23H24Cl2N6O3S.H2/c1-29(18-4-7-20(24)21(25)14-18)15-23(32)31-12-10-30(11-13-31)17-2-5-19(6-3-17)35(33,34)28-22-8-9-26-16-27-22;/h2-9,14,16H,10-13,15H2,1H3,(H,26,27,28);1H. The van der Waals surface area contributed by atoms with Crippen LogP contribution >= 0.6 is 23.2 Å². The smallest absolute Gasteiger partial charge is 0.263 e. The highest BCUT2D eigenvalue weighted by atomic mass is 35.5. The van der Waals surface area contributed by atoms with Crippen molar-refractivity contribution in [2.24, 2.45) is 0 Å². The number of hydrogen-bond acceptors (Lipinski definition) is 7. The number of sulfonamides is 1. The van der Waals surface area contributed by atoms with Gasteiger partial charge in [-0.1, -0.05) is 23.2 Å². The van der Waals surface area contributed by atoms with Gasteiger partial charge in [0, 0.05) is 52.2 Å². The van der Waals surface area contributed by atoms with Crippen LogP contribution in [-0.4, -0.2) is 69.0 Å². The van der Waals surface area contributed by atoms with E-state index >= 15 is 0 Å². The zero-order chi connectivity index (χ0) is 25.0. The van der Waals surface area contributed by atoms with Crippen LogP contribution in [0.1, 0.15) is 1.43 Å². The van der Waals surface area contributed by atoms with Gasteiger partial charge in [-0.3, -0.25) is 9.52 Å². The Bertz CT molecular complexity index is 1290. The zero-order valence-corrected chi connectivity index (χ0v) is 21.3. The normalized spacial score (nSPS) is 14.0. The molecule has 2 heterocycles. The van der Waals surface area contributed by atoms with Crippen LogP contribution in [-0.2, 0) is 14.8 Å². The van der Waals surface area contributed by atoms with E-state index in [1.165, 1.54) is 18.6 Å². The topological polar surface area (TPSA) is 98.7 Å². The van der Waals surface area contributed by atoms with E-state index in [1.807, 2.05) is 22.9 Å². The lowest BCUT2D eigenvalue weighted by molar-refractivity contribution is -0.129. The number of benzene rings is 2. The summed E-state index contributed by atoms with van der Waals surface area (Å²) in [5.41, 5.74) is 1.71. The van der Waals surface area contributed by atoms with E-state index in [4.69, 9.17) is 23.2 Å². The molecule has 35 heavy (non-hydrogen) atoms. The molecule has 0 unspecified atom stereocenters. The van der Waals surface area contributed by atoms with Crippen LogP contribution in [0, 0.1) is 0 Å². The number of nitrogens with zero attached hydrogens (tertiary/aromatic N) is 5. The number of rotatable bonds is 7. The van der Waals surface area contributed by atoms with E-state index < -0.39 is 10.0 Å². The van der Waals surface area contributed by atoms with Crippen molar-refractivity contribution < 1.29 is 14.6 Å². The highest BCUT2D eigenvalue weighted by Gasteiger charge is 2.23. The second-order valence-corrected chi connectivity index (χ2v) is 10.5. The summed E-state index contributed by atoms with van der Waals surface area (Å²) < 4.78 is 27.6. The second-order valence-electron chi connectivity index (χ2n) is 8.02. The Kier molecular flexibility index (Phi) is 7.63. The molecule has 1 amide bonds. The molecule has 12 heteroatoms. The quantitative estimate of drug-likeness (QED) is 0.492. The first-order valence-corrected chi connectivity index (χ1v) is 13.0. The maximum absolute atomic E-state index is 12.8. The lowest BCUT2D eigenvalue weighted by atomic mass is 10.2. The predicted octanol–water partition coefficient (Wildman–Crippen LogP) is 3.62. The average Bonchev–Trinajstić information content (AvgIpc) is 2.86. The number of nitrogens with one attached hydrogen (secondary N) is 1. The molecule has 1 N–H and O–H groups in total. The van der Waals surface area contributed by atoms with E-state index in [1.54, 1.807) is 36.4 Å². The van der Waals surface area contributed by atoms with Crippen LogP contribution in [0.3, 0.4) is 0 Å². The molecular formula is C23H26Cl2N6O3S. The highest BCUT2D eigenvalue weighted by molar-refractivity contribution is 7.92. The Labute approximate surface area is 215 Å². The summed E-state index contributed by atoms with van der Waals surface area (Å²) in [5, 5.41) is 0.916. The molecule has 2 aromatic carbocycles. The average molecular weight is 537 g/mol. The lowest BCUT2D eigenvalue weighted by Crippen LogP contribution is -2.51. The third-order valence-corrected chi connectivity index (χ3v) is 7.79. The number of piperazine rings is 1.